The molecule has 0 aromatic heterocycles. The van der Waals surface area contributed by atoms with E-state index >= 15 is 35.1 Å². The summed E-state index contributed by atoms with van der Waals surface area (Å²) in [6.45, 7) is 11.7. The van der Waals surface area contributed by atoms with Crippen molar-refractivity contribution in [3.63, 3.8) is 0 Å². The first kappa shape index (κ1) is 42.8. The average molecular weight is 846 g/mol. The van der Waals surface area contributed by atoms with E-state index in [1.165, 1.54) is 24.3 Å². The van der Waals surface area contributed by atoms with Crippen molar-refractivity contribution in [1.29, 1.82) is 0 Å². The van der Waals surface area contributed by atoms with Gasteiger partial charge in [-0.05, 0) is 110 Å². The van der Waals surface area contributed by atoms with Crippen molar-refractivity contribution < 1.29 is 43.9 Å². The number of benzene rings is 6. The lowest BCUT2D eigenvalue weighted by molar-refractivity contribution is 0.381. The van der Waals surface area contributed by atoms with Crippen LogP contribution in [0.5, 0.6) is 0 Å². The Morgan fingerprint density at radius 2 is 0.883 bits per heavy atom. The number of aryl methyl sites for hydroxylation is 6. The zero-order valence-electron chi connectivity index (χ0n) is 33.4. The summed E-state index contributed by atoms with van der Waals surface area (Å²) in [6, 6.07) is 21.3. The maximum Gasteiger partial charge on any atom is 0.200 e. The van der Waals surface area contributed by atoms with Crippen molar-refractivity contribution in [1.82, 2.24) is 0 Å². The van der Waals surface area contributed by atoms with Crippen LogP contribution in [-0.2, 0) is 0 Å². The summed E-state index contributed by atoms with van der Waals surface area (Å²) in [6.07, 6.45) is -4.61. The fourth-order valence-corrected chi connectivity index (χ4v) is 12.9. The van der Waals surface area contributed by atoms with Crippen molar-refractivity contribution in [2.45, 2.75) is 53.8 Å². The van der Waals surface area contributed by atoms with E-state index in [4.69, 9.17) is 0 Å². The molecule has 0 radical (unpaired) electrons. The molecule has 0 saturated carbocycles. The summed E-state index contributed by atoms with van der Waals surface area (Å²) in [4.78, 5) is 0. The molecule has 0 amide bonds. The molecular weight excluding hydrogens is 808 g/mol. The molecule has 12 heteroatoms. The minimum Gasteiger partial charge on any atom is -0.297 e. The smallest absolute Gasteiger partial charge is 0.200 e. The highest BCUT2D eigenvalue weighted by atomic mass is 31.1. The molecule has 0 N–H and O–H groups in total. The second kappa shape index (κ2) is 16.3. The van der Waals surface area contributed by atoms with Gasteiger partial charge in [0.25, 0.3) is 0 Å². The van der Waals surface area contributed by atoms with Crippen LogP contribution in [0.2, 0.25) is 5.82 Å². The third-order valence-electron chi connectivity index (χ3n) is 11.8. The second-order valence-corrected chi connectivity index (χ2v) is 18.1. The summed E-state index contributed by atoms with van der Waals surface area (Å²) in [5.74, 6) is -21.3. The molecule has 308 valence electrons. The predicted molar refractivity (Wildman–Crippen MR) is 221 cm³/mol. The lowest BCUT2D eigenvalue weighted by Gasteiger charge is -2.44. The number of halogens is 10. The van der Waals surface area contributed by atoms with Crippen molar-refractivity contribution in [3.8, 4) is 34.0 Å². The van der Waals surface area contributed by atoms with Gasteiger partial charge in [-0.1, -0.05) is 92.3 Å². The Balaban J connectivity index is 1.59. The highest BCUT2D eigenvalue weighted by molar-refractivity contribution is 7.67. The fraction of sp³-hybridized carbons (Fsp3) is 0.208. The first-order chi connectivity index (χ1) is 28.4. The monoisotopic (exact) mass is 845 g/mol. The van der Waals surface area contributed by atoms with E-state index in [1.54, 1.807) is 6.07 Å². The summed E-state index contributed by atoms with van der Waals surface area (Å²) >= 11 is 0. The van der Waals surface area contributed by atoms with Crippen molar-refractivity contribution >= 4 is 30.3 Å². The second-order valence-electron chi connectivity index (χ2n) is 15.8. The van der Waals surface area contributed by atoms with E-state index in [0.29, 0.717) is 0 Å². The van der Waals surface area contributed by atoms with Gasteiger partial charge >= 0.3 is 0 Å². The van der Waals surface area contributed by atoms with Gasteiger partial charge in [-0.15, -0.1) is 22.7 Å². The number of hydrogen-bond donors (Lipinski definition) is 0. The quantitative estimate of drug-likeness (QED) is 0.0391. The zero-order chi connectivity index (χ0) is 43.5. The molecule has 0 bridgehead atoms. The third kappa shape index (κ3) is 7.01. The molecule has 1 aliphatic heterocycles. The predicted octanol–water partition coefficient (Wildman–Crippen LogP) is 12.0. The minimum atomic E-state index is -4.40. The molecular formula is C48H37BF10P-. The SMILES string of the molecule is Cc1cc(C)c(-c2cccc(-c3c(C)cc(C)cc3C)c2P2CC[C@H]([B-](C#Cc3ccccc3)(c3c(F)c(F)c(F)c(F)c3F)c3c(F)c(F)c(F)c(F)c3F)C2)c(C)c1. The molecule has 0 nitrogen and oxygen atoms in total. The van der Waals surface area contributed by atoms with Gasteiger partial charge in [0, 0.05) is 5.56 Å². The molecule has 0 spiro atoms. The van der Waals surface area contributed by atoms with E-state index in [0.717, 1.165) is 60.9 Å². The van der Waals surface area contributed by atoms with Crippen molar-refractivity contribution in [2.24, 2.45) is 0 Å². The summed E-state index contributed by atoms with van der Waals surface area (Å²) in [7, 11) is -1.59. The Morgan fingerprint density at radius 3 is 1.28 bits per heavy atom. The van der Waals surface area contributed by atoms with Gasteiger partial charge < -0.3 is 0 Å². The van der Waals surface area contributed by atoms with E-state index < -0.39 is 89.0 Å². The summed E-state index contributed by atoms with van der Waals surface area (Å²) in [5, 5.41) is 0.802. The maximum atomic E-state index is 16.5. The fourth-order valence-electron chi connectivity index (χ4n) is 9.54. The summed E-state index contributed by atoms with van der Waals surface area (Å²) < 4.78 is 157. The molecule has 7 rings (SSSR count). The third-order valence-corrected chi connectivity index (χ3v) is 14.6. The zero-order valence-corrected chi connectivity index (χ0v) is 34.3. The van der Waals surface area contributed by atoms with Crippen LogP contribution < -0.4 is 16.2 Å². The van der Waals surface area contributed by atoms with Gasteiger partial charge in [0.15, 0.2) is 34.9 Å². The van der Waals surface area contributed by atoms with Crippen LogP contribution in [0.1, 0.15) is 45.4 Å². The first-order valence-corrected chi connectivity index (χ1v) is 20.9. The lowest BCUT2D eigenvalue weighted by atomic mass is 9.13. The molecule has 60 heavy (non-hydrogen) atoms. The van der Waals surface area contributed by atoms with Crippen LogP contribution >= 0.6 is 7.92 Å². The van der Waals surface area contributed by atoms with Crippen molar-refractivity contribution in [2.75, 3.05) is 12.3 Å². The maximum absolute atomic E-state index is 16.5. The first-order valence-electron chi connectivity index (χ1n) is 19.2. The van der Waals surface area contributed by atoms with E-state index in [9.17, 15) is 8.78 Å². The van der Waals surface area contributed by atoms with Crippen LogP contribution in [0.25, 0.3) is 22.3 Å². The van der Waals surface area contributed by atoms with Crippen LogP contribution in [0.3, 0.4) is 0 Å². The Bertz CT molecular complexity index is 2540. The van der Waals surface area contributed by atoms with Gasteiger partial charge in [-0.3, -0.25) is 5.82 Å². The average Bonchev–Trinajstić information content (AvgIpc) is 3.70. The van der Waals surface area contributed by atoms with Gasteiger partial charge in [0.05, 0.1) is 0 Å². The molecule has 6 aromatic carbocycles. The molecule has 1 unspecified atom stereocenters. The van der Waals surface area contributed by atoms with Gasteiger partial charge in [-0.25, -0.2) is 43.9 Å². The molecule has 0 aliphatic carbocycles. The molecule has 6 aromatic rings. The number of hydrogen-bond acceptors (Lipinski definition) is 0. The largest absolute Gasteiger partial charge is 0.297 e. The minimum absolute atomic E-state index is 0.0834. The van der Waals surface area contributed by atoms with E-state index in [1.807, 2.05) is 84.0 Å². The number of rotatable bonds is 6. The Hall–Kier alpha value is -5.33. The Kier molecular flexibility index (Phi) is 11.6. The van der Waals surface area contributed by atoms with Crippen LogP contribution in [0.15, 0.2) is 72.8 Å². The normalized spacial score (nSPS) is 15.3. The van der Waals surface area contributed by atoms with Crippen LogP contribution in [0, 0.1) is 111 Å². The van der Waals surface area contributed by atoms with E-state index in [-0.39, 0.29) is 24.3 Å². The summed E-state index contributed by atoms with van der Waals surface area (Å²) in [5.41, 5.74) is 5.74. The Labute approximate surface area is 343 Å². The molecule has 1 aliphatic rings. The Morgan fingerprint density at radius 1 is 0.500 bits per heavy atom. The van der Waals surface area contributed by atoms with E-state index in [2.05, 4.69) is 11.7 Å². The van der Waals surface area contributed by atoms with Crippen molar-refractivity contribution in [3.05, 3.63) is 170 Å². The highest BCUT2D eigenvalue weighted by Gasteiger charge is 2.49. The van der Waals surface area contributed by atoms with Gasteiger partial charge in [-0.2, -0.15) is 0 Å². The topological polar surface area (TPSA) is 0 Å². The van der Waals surface area contributed by atoms with Crippen LogP contribution in [0.4, 0.5) is 43.9 Å². The van der Waals surface area contributed by atoms with Gasteiger partial charge in [0.1, 0.15) is 29.4 Å². The highest BCUT2D eigenvalue weighted by Crippen LogP contribution is 2.55. The molecule has 1 heterocycles. The lowest BCUT2D eigenvalue weighted by Crippen LogP contribution is -2.66. The molecule has 1 saturated heterocycles. The standard InChI is InChI=1S/C48H37BF10P/c1-24-19-26(3)34(27(4)20-24)32-13-10-14-33(35-28(5)21-25(2)22-29(35)6)48(32)60-18-16-31(23-60)49(17-15-30-11-8-7-9-12-30,36-38(50)42(54)46(58)43(55)39(36)51)37-40(52)44(56)47(59)45(57)41(37)53/h7-14,19-22,31H,16,18,23H2,1-6H3/q-1/t31-,60?/m0/s1. The van der Waals surface area contributed by atoms with Crippen LogP contribution in [-0.4, -0.2) is 18.5 Å². The molecule has 1 fully saturated rings. The molecule has 2 atom stereocenters. The van der Waals surface area contributed by atoms with Gasteiger partial charge in [0.2, 0.25) is 0 Å².